The molecule has 1 aliphatic heterocycles. The van der Waals surface area contributed by atoms with Crippen LogP contribution in [0.4, 0.5) is 14.5 Å². The Hall–Kier alpha value is -2.76. The van der Waals surface area contributed by atoms with Gasteiger partial charge in [0.25, 0.3) is 5.91 Å². The Morgan fingerprint density at radius 1 is 0.935 bits per heavy atom. The van der Waals surface area contributed by atoms with Crippen LogP contribution in [0.15, 0.2) is 72.8 Å². The van der Waals surface area contributed by atoms with Gasteiger partial charge in [-0.15, -0.1) is 0 Å². The molecule has 3 aromatic rings. The Morgan fingerprint density at radius 3 is 2.32 bits per heavy atom. The van der Waals surface area contributed by atoms with E-state index < -0.39 is 0 Å². The second-order valence-corrected chi connectivity index (χ2v) is 8.24. The Balaban J connectivity index is 1.52. The normalized spacial score (nSPS) is 15.1. The number of amides is 1. The van der Waals surface area contributed by atoms with Gasteiger partial charge in [-0.05, 0) is 73.0 Å². The van der Waals surface area contributed by atoms with Crippen LogP contribution in [0.3, 0.4) is 0 Å². The van der Waals surface area contributed by atoms with E-state index in [1.807, 2.05) is 6.07 Å². The molecule has 0 saturated carbocycles. The molecule has 4 rings (SSSR count). The van der Waals surface area contributed by atoms with Gasteiger partial charge in [-0.25, -0.2) is 8.78 Å². The summed E-state index contributed by atoms with van der Waals surface area (Å²) in [7, 11) is 0. The molecule has 6 heteroatoms. The standard InChI is InChI=1S/C25H23ClF2N2O/c26-20-5-2-4-19(16-20)25(31)30(23-9-7-21(27)8-10-23)24-11-13-29(14-12-24)17-18-3-1-6-22(28)15-18/h1-10,15-16,24H,11-14,17H2. The summed E-state index contributed by atoms with van der Waals surface area (Å²) in [6.45, 7) is 2.23. The number of likely N-dealkylation sites (tertiary alicyclic amines) is 1. The monoisotopic (exact) mass is 440 g/mol. The second kappa shape index (κ2) is 9.58. The summed E-state index contributed by atoms with van der Waals surface area (Å²) in [6, 6.07) is 19.5. The number of nitrogens with zero attached hydrogens (tertiary/aromatic N) is 2. The molecule has 3 nitrogen and oxygen atoms in total. The molecular weight excluding hydrogens is 418 g/mol. The summed E-state index contributed by atoms with van der Waals surface area (Å²) in [4.78, 5) is 17.4. The number of hydrogen-bond acceptors (Lipinski definition) is 2. The summed E-state index contributed by atoms with van der Waals surface area (Å²) in [5.41, 5.74) is 2.10. The minimum Gasteiger partial charge on any atom is -0.305 e. The molecule has 0 aromatic heterocycles. The second-order valence-electron chi connectivity index (χ2n) is 7.80. The molecule has 1 amide bonds. The molecule has 1 saturated heterocycles. The largest absolute Gasteiger partial charge is 0.305 e. The van der Waals surface area contributed by atoms with Gasteiger partial charge < -0.3 is 4.90 Å². The lowest BCUT2D eigenvalue weighted by Crippen LogP contribution is -2.47. The Kier molecular flexibility index (Phi) is 6.64. The van der Waals surface area contributed by atoms with Crippen LogP contribution in [0.1, 0.15) is 28.8 Å². The molecule has 0 unspecified atom stereocenters. The van der Waals surface area contributed by atoms with E-state index in [9.17, 15) is 13.6 Å². The first-order chi connectivity index (χ1) is 15.0. The third kappa shape index (κ3) is 5.30. The predicted molar refractivity (Wildman–Crippen MR) is 119 cm³/mol. The van der Waals surface area contributed by atoms with Crippen molar-refractivity contribution >= 4 is 23.2 Å². The lowest BCUT2D eigenvalue weighted by Gasteiger charge is -2.38. The van der Waals surface area contributed by atoms with Gasteiger partial charge in [0.15, 0.2) is 0 Å². The fraction of sp³-hybridized carbons (Fsp3) is 0.240. The molecule has 0 aliphatic carbocycles. The maximum Gasteiger partial charge on any atom is 0.258 e. The molecule has 0 N–H and O–H groups in total. The van der Waals surface area contributed by atoms with Crippen molar-refractivity contribution < 1.29 is 13.6 Å². The van der Waals surface area contributed by atoms with E-state index in [2.05, 4.69) is 4.90 Å². The highest BCUT2D eigenvalue weighted by atomic mass is 35.5. The van der Waals surface area contributed by atoms with Crippen molar-refractivity contribution in [3.05, 3.63) is 101 Å². The lowest BCUT2D eigenvalue weighted by atomic mass is 10.00. The van der Waals surface area contributed by atoms with Crippen LogP contribution >= 0.6 is 11.6 Å². The van der Waals surface area contributed by atoms with Crippen LogP contribution in [-0.4, -0.2) is 29.9 Å². The van der Waals surface area contributed by atoms with Gasteiger partial charge in [0.2, 0.25) is 0 Å². The van der Waals surface area contributed by atoms with Crippen molar-refractivity contribution in [2.24, 2.45) is 0 Å². The van der Waals surface area contributed by atoms with Crippen LogP contribution in [0.25, 0.3) is 0 Å². The first-order valence-corrected chi connectivity index (χ1v) is 10.7. The number of benzene rings is 3. The van der Waals surface area contributed by atoms with Gasteiger partial charge in [-0.2, -0.15) is 0 Å². The molecule has 1 heterocycles. The summed E-state index contributed by atoms with van der Waals surface area (Å²) >= 11 is 6.10. The zero-order valence-electron chi connectivity index (χ0n) is 17.0. The molecule has 1 fully saturated rings. The van der Waals surface area contributed by atoms with Gasteiger partial charge in [-0.3, -0.25) is 9.69 Å². The highest BCUT2D eigenvalue weighted by Crippen LogP contribution is 2.27. The summed E-state index contributed by atoms with van der Waals surface area (Å²) < 4.78 is 27.0. The fourth-order valence-corrected chi connectivity index (χ4v) is 4.28. The fourth-order valence-electron chi connectivity index (χ4n) is 4.09. The topological polar surface area (TPSA) is 23.6 Å². The number of rotatable bonds is 5. The van der Waals surface area contributed by atoms with E-state index in [0.29, 0.717) is 22.8 Å². The zero-order chi connectivity index (χ0) is 21.8. The third-order valence-electron chi connectivity index (χ3n) is 5.61. The molecule has 0 spiro atoms. The number of carbonyl (C=O) groups excluding carboxylic acids is 1. The predicted octanol–water partition coefficient (Wildman–Crippen LogP) is 5.93. The number of anilines is 1. The number of piperidine rings is 1. The molecule has 3 aromatic carbocycles. The van der Waals surface area contributed by atoms with Gasteiger partial charge in [0, 0.05) is 41.9 Å². The molecule has 31 heavy (non-hydrogen) atoms. The quantitative estimate of drug-likeness (QED) is 0.491. The van der Waals surface area contributed by atoms with Gasteiger partial charge >= 0.3 is 0 Å². The summed E-state index contributed by atoms with van der Waals surface area (Å²) in [5.74, 6) is -0.733. The highest BCUT2D eigenvalue weighted by Gasteiger charge is 2.30. The summed E-state index contributed by atoms with van der Waals surface area (Å²) in [5, 5.41) is 0.495. The van der Waals surface area contributed by atoms with Crippen LogP contribution in [0.2, 0.25) is 5.02 Å². The lowest BCUT2D eigenvalue weighted by molar-refractivity contribution is 0.0958. The number of carbonyl (C=O) groups is 1. The van der Waals surface area contributed by atoms with Crippen LogP contribution < -0.4 is 4.90 Å². The summed E-state index contributed by atoms with van der Waals surface area (Å²) in [6.07, 6.45) is 1.53. The van der Waals surface area contributed by atoms with E-state index in [1.54, 1.807) is 53.4 Å². The first-order valence-electron chi connectivity index (χ1n) is 10.3. The average Bonchev–Trinajstić information content (AvgIpc) is 2.76. The Bertz CT molecular complexity index is 1050. The van der Waals surface area contributed by atoms with Crippen molar-refractivity contribution in [1.82, 2.24) is 4.90 Å². The molecule has 160 valence electrons. The van der Waals surface area contributed by atoms with E-state index >= 15 is 0 Å². The maximum absolute atomic E-state index is 13.5. The van der Waals surface area contributed by atoms with E-state index in [-0.39, 0.29) is 23.6 Å². The molecule has 0 atom stereocenters. The minimum atomic E-state index is -0.344. The van der Waals surface area contributed by atoms with E-state index in [4.69, 9.17) is 11.6 Å². The van der Waals surface area contributed by atoms with E-state index in [0.717, 1.165) is 31.5 Å². The molecule has 0 radical (unpaired) electrons. The zero-order valence-corrected chi connectivity index (χ0v) is 17.7. The van der Waals surface area contributed by atoms with E-state index in [1.165, 1.54) is 18.2 Å². The highest BCUT2D eigenvalue weighted by molar-refractivity contribution is 6.31. The van der Waals surface area contributed by atoms with Crippen molar-refractivity contribution in [3.63, 3.8) is 0 Å². The van der Waals surface area contributed by atoms with Crippen LogP contribution in [-0.2, 0) is 6.54 Å². The Labute approximate surface area is 185 Å². The Morgan fingerprint density at radius 2 is 1.65 bits per heavy atom. The molecule has 0 bridgehead atoms. The van der Waals surface area contributed by atoms with Gasteiger partial charge in [-0.1, -0.05) is 29.8 Å². The van der Waals surface area contributed by atoms with Crippen molar-refractivity contribution in [1.29, 1.82) is 0 Å². The number of halogens is 3. The average molecular weight is 441 g/mol. The van der Waals surface area contributed by atoms with Crippen molar-refractivity contribution in [2.75, 3.05) is 18.0 Å². The van der Waals surface area contributed by atoms with Crippen LogP contribution in [0.5, 0.6) is 0 Å². The molecular formula is C25H23ClF2N2O. The smallest absolute Gasteiger partial charge is 0.258 e. The first kappa shape index (κ1) is 21.5. The minimum absolute atomic E-state index is 0.0271. The maximum atomic E-state index is 13.5. The van der Waals surface area contributed by atoms with Gasteiger partial charge in [0.05, 0.1) is 0 Å². The SMILES string of the molecule is O=C(c1cccc(Cl)c1)N(c1ccc(F)cc1)C1CCN(Cc2cccc(F)c2)CC1. The molecule has 1 aliphatic rings. The van der Waals surface area contributed by atoms with Crippen molar-refractivity contribution in [2.45, 2.75) is 25.4 Å². The van der Waals surface area contributed by atoms with Gasteiger partial charge in [0.1, 0.15) is 11.6 Å². The van der Waals surface area contributed by atoms with Crippen molar-refractivity contribution in [3.8, 4) is 0 Å². The third-order valence-corrected chi connectivity index (χ3v) is 5.85. The van der Waals surface area contributed by atoms with Crippen LogP contribution in [0, 0.1) is 11.6 Å². The number of hydrogen-bond donors (Lipinski definition) is 0.